The number of hydrogen-bond donors (Lipinski definition) is 2. The van der Waals surface area contributed by atoms with Gasteiger partial charge in [-0.25, -0.2) is 9.97 Å². The van der Waals surface area contributed by atoms with Gasteiger partial charge in [-0.05, 0) is 45.9 Å². The van der Waals surface area contributed by atoms with Crippen molar-refractivity contribution in [2.24, 2.45) is 0 Å². The van der Waals surface area contributed by atoms with Crippen molar-refractivity contribution in [3.8, 4) is 11.4 Å². The number of halogens is 1. The second-order valence-corrected chi connectivity index (χ2v) is 6.96. The van der Waals surface area contributed by atoms with E-state index in [4.69, 9.17) is 11.6 Å². The molecule has 0 atom stereocenters. The van der Waals surface area contributed by atoms with Gasteiger partial charge in [0.25, 0.3) is 5.91 Å². The fourth-order valence-electron chi connectivity index (χ4n) is 1.93. The van der Waals surface area contributed by atoms with Crippen LogP contribution in [0.4, 0.5) is 0 Å². The maximum Gasteiger partial charge on any atom is 0.252 e. The average Bonchev–Trinajstić information content (AvgIpc) is 2.35. The van der Waals surface area contributed by atoms with Crippen molar-refractivity contribution in [3.63, 3.8) is 0 Å². The van der Waals surface area contributed by atoms with E-state index in [0.29, 0.717) is 21.4 Å². The Bertz CT molecular complexity index is 706. The molecule has 0 unspecified atom stereocenters. The third-order valence-electron chi connectivity index (χ3n) is 2.81. The van der Waals surface area contributed by atoms with E-state index in [1.165, 1.54) is 0 Å². The molecule has 0 fully saturated rings. The summed E-state index contributed by atoms with van der Waals surface area (Å²) in [6, 6.07) is 6.98. The first-order valence-electron chi connectivity index (χ1n) is 6.83. The lowest BCUT2D eigenvalue weighted by Crippen LogP contribution is -2.40. The fraction of sp³-hybridized carbons (Fsp3) is 0.312. The van der Waals surface area contributed by atoms with Crippen molar-refractivity contribution in [1.82, 2.24) is 15.3 Å². The first-order valence-corrected chi connectivity index (χ1v) is 7.65. The topological polar surface area (TPSA) is 54.9 Å². The number of carbonyl (C=O) groups is 1. The molecule has 0 aliphatic carbocycles. The molecule has 2 rings (SSSR count). The maximum absolute atomic E-state index is 12.2. The molecule has 6 heteroatoms. The first-order chi connectivity index (χ1) is 10.2. The number of benzene rings is 1. The molecular formula is C16H18ClN3OS. The molecule has 1 aromatic heterocycles. The van der Waals surface area contributed by atoms with Crippen LogP contribution in [0.2, 0.25) is 5.15 Å². The van der Waals surface area contributed by atoms with Crippen LogP contribution in [-0.2, 0) is 0 Å². The van der Waals surface area contributed by atoms with Gasteiger partial charge in [0.15, 0.2) is 5.82 Å². The predicted molar refractivity (Wildman–Crippen MR) is 91.7 cm³/mol. The third kappa shape index (κ3) is 4.21. The molecule has 0 aliphatic rings. The Labute approximate surface area is 140 Å². The van der Waals surface area contributed by atoms with Gasteiger partial charge in [0.05, 0.1) is 5.56 Å². The highest BCUT2D eigenvalue weighted by Crippen LogP contribution is 2.24. The molecule has 0 saturated heterocycles. The van der Waals surface area contributed by atoms with Crippen molar-refractivity contribution >= 4 is 30.1 Å². The van der Waals surface area contributed by atoms with Gasteiger partial charge in [-0.1, -0.05) is 17.7 Å². The predicted octanol–water partition coefficient (Wildman–Crippen LogP) is 3.92. The molecule has 0 spiro atoms. The van der Waals surface area contributed by atoms with Crippen molar-refractivity contribution in [1.29, 1.82) is 0 Å². The van der Waals surface area contributed by atoms with E-state index in [-0.39, 0.29) is 11.4 Å². The standard InChI is InChI=1S/C16H18ClN3OS/c1-9-7-13(17)19-14(18-9)10-5-6-11(12(22)8-10)15(21)20-16(2,3)4/h5-8,22H,1-4H3,(H,20,21). The average molecular weight is 336 g/mol. The van der Waals surface area contributed by atoms with Gasteiger partial charge in [0.2, 0.25) is 0 Å². The Morgan fingerprint density at radius 3 is 2.45 bits per heavy atom. The lowest BCUT2D eigenvalue weighted by Gasteiger charge is -2.21. The summed E-state index contributed by atoms with van der Waals surface area (Å²) >= 11 is 10.4. The molecule has 0 bridgehead atoms. The molecular weight excluding hydrogens is 318 g/mol. The Kier molecular flexibility index (Phi) is 4.78. The molecule has 0 saturated carbocycles. The van der Waals surface area contributed by atoms with Gasteiger partial charge in [-0.2, -0.15) is 0 Å². The summed E-state index contributed by atoms with van der Waals surface area (Å²) in [5.74, 6) is 0.357. The van der Waals surface area contributed by atoms with E-state index in [1.807, 2.05) is 27.7 Å². The van der Waals surface area contributed by atoms with Crippen LogP contribution in [0.1, 0.15) is 36.8 Å². The monoisotopic (exact) mass is 335 g/mol. The molecule has 22 heavy (non-hydrogen) atoms. The lowest BCUT2D eigenvalue weighted by atomic mass is 10.1. The summed E-state index contributed by atoms with van der Waals surface area (Å²) in [5.41, 5.74) is 1.76. The molecule has 2 aromatic rings. The van der Waals surface area contributed by atoms with Crippen LogP contribution in [0, 0.1) is 6.92 Å². The van der Waals surface area contributed by atoms with Crippen LogP contribution in [-0.4, -0.2) is 21.4 Å². The summed E-state index contributed by atoms with van der Waals surface area (Å²) in [4.78, 5) is 21.3. The zero-order chi connectivity index (χ0) is 16.5. The number of nitrogens with zero attached hydrogens (tertiary/aromatic N) is 2. The van der Waals surface area contributed by atoms with Crippen molar-refractivity contribution in [2.75, 3.05) is 0 Å². The molecule has 1 aromatic carbocycles. The Hall–Kier alpha value is -1.59. The molecule has 1 heterocycles. The third-order valence-corrected chi connectivity index (χ3v) is 3.38. The smallest absolute Gasteiger partial charge is 0.252 e. The summed E-state index contributed by atoms with van der Waals surface area (Å²) in [7, 11) is 0. The summed E-state index contributed by atoms with van der Waals surface area (Å²) in [5, 5.41) is 3.30. The molecule has 1 amide bonds. The number of nitrogens with one attached hydrogen (secondary N) is 1. The van der Waals surface area contributed by atoms with Gasteiger partial charge in [-0.3, -0.25) is 4.79 Å². The number of carbonyl (C=O) groups excluding carboxylic acids is 1. The minimum atomic E-state index is -0.302. The first kappa shape index (κ1) is 16.8. The van der Waals surface area contributed by atoms with Gasteiger partial charge < -0.3 is 5.32 Å². The molecule has 0 radical (unpaired) electrons. The normalized spacial score (nSPS) is 11.4. The highest BCUT2D eigenvalue weighted by Gasteiger charge is 2.17. The largest absolute Gasteiger partial charge is 0.347 e. The number of aromatic nitrogens is 2. The molecule has 4 nitrogen and oxygen atoms in total. The van der Waals surface area contributed by atoms with Crippen LogP contribution in [0.25, 0.3) is 11.4 Å². The highest BCUT2D eigenvalue weighted by molar-refractivity contribution is 7.80. The number of hydrogen-bond acceptors (Lipinski definition) is 4. The zero-order valence-electron chi connectivity index (χ0n) is 12.9. The van der Waals surface area contributed by atoms with Gasteiger partial charge in [-0.15, -0.1) is 12.6 Å². The van der Waals surface area contributed by atoms with Crippen LogP contribution < -0.4 is 5.32 Å². The lowest BCUT2D eigenvalue weighted by molar-refractivity contribution is 0.0916. The second-order valence-electron chi connectivity index (χ2n) is 6.09. The van der Waals surface area contributed by atoms with E-state index >= 15 is 0 Å². The van der Waals surface area contributed by atoms with E-state index < -0.39 is 0 Å². The molecule has 116 valence electrons. The van der Waals surface area contributed by atoms with E-state index in [9.17, 15) is 4.79 Å². The summed E-state index contributed by atoms with van der Waals surface area (Å²) in [6.07, 6.45) is 0. The number of amides is 1. The minimum Gasteiger partial charge on any atom is -0.347 e. The van der Waals surface area contributed by atoms with E-state index in [2.05, 4.69) is 27.9 Å². The van der Waals surface area contributed by atoms with E-state index in [1.54, 1.807) is 24.3 Å². The van der Waals surface area contributed by atoms with Gasteiger partial charge in [0, 0.05) is 21.7 Å². The summed E-state index contributed by atoms with van der Waals surface area (Å²) < 4.78 is 0. The highest BCUT2D eigenvalue weighted by atomic mass is 35.5. The SMILES string of the molecule is Cc1cc(Cl)nc(-c2ccc(C(=O)NC(C)(C)C)c(S)c2)n1. The molecule has 0 aliphatic heterocycles. The zero-order valence-corrected chi connectivity index (χ0v) is 14.6. The number of rotatable bonds is 2. The van der Waals surface area contributed by atoms with Crippen molar-refractivity contribution in [2.45, 2.75) is 38.1 Å². The Morgan fingerprint density at radius 2 is 1.91 bits per heavy atom. The van der Waals surface area contributed by atoms with Gasteiger partial charge in [0.1, 0.15) is 5.15 Å². The maximum atomic E-state index is 12.2. The van der Waals surface area contributed by atoms with Crippen LogP contribution in [0.15, 0.2) is 29.2 Å². The number of thiol groups is 1. The fourth-order valence-corrected chi connectivity index (χ4v) is 2.48. The van der Waals surface area contributed by atoms with Crippen molar-refractivity contribution in [3.05, 3.63) is 40.7 Å². The Morgan fingerprint density at radius 1 is 1.23 bits per heavy atom. The van der Waals surface area contributed by atoms with Crippen molar-refractivity contribution < 1.29 is 4.79 Å². The minimum absolute atomic E-state index is 0.160. The van der Waals surface area contributed by atoms with E-state index in [0.717, 1.165) is 11.3 Å². The van der Waals surface area contributed by atoms with Crippen LogP contribution >= 0.6 is 24.2 Å². The molecule has 1 N–H and O–H groups in total. The van der Waals surface area contributed by atoms with Crippen LogP contribution in [0.5, 0.6) is 0 Å². The van der Waals surface area contributed by atoms with Crippen LogP contribution in [0.3, 0.4) is 0 Å². The van der Waals surface area contributed by atoms with Gasteiger partial charge >= 0.3 is 0 Å². The second kappa shape index (κ2) is 6.26. The Balaban J connectivity index is 2.35. The summed E-state index contributed by atoms with van der Waals surface area (Å²) in [6.45, 7) is 7.64. The quantitative estimate of drug-likeness (QED) is 0.646. The number of aryl methyl sites for hydroxylation is 1.